The first-order valence-electron chi connectivity index (χ1n) is 13.2. The van der Waals surface area contributed by atoms with Gasteiger partial charge < -0.3 is 4.90 Å². The van der Waals surface area contributed by atoms with Gasteiger partial charge in [0.05, 0.1) is 23.5 Å². The van der Waals surface area contributed by atoms with Gasteiger partial charge in [-0.15, -0.1) is 0 Å². The molecule has 188 valence electrons. The highest BCUT2D eigenvalue weighted by Gasteiger charge is 2.30. The molecular weight excluding hydrogens is 434 g/mol. The maximum Gasteiger partial charge on any atom is 0.261 e. The molecule has 0 saturated carbocycles. The highest BCUT2D eigenvalue weighted by atomic mass is 16.2. The van der Waals surface area contributed by atoms with E-state index in [9.17, 15) is 9.59 Å². The summed E-state index contributed by atoms with van der Waals surface area (Å²) in [5.41, 5.74) is 1.66. The van der Waals surface area contributed by atoms with Crippen LogP contribution in [0.3, 0.4) is 0 Å². The van der Waals surface area contributed by atoms with Crippen LogP contribution in [-0.4, -0.2) is 26.9 Å². The zero-order chi connectivity index (χ0) is 25.4. The van der Waals surface area contributed by atoms with Gasteiger partial charge in [-0.1, -0.05) is 83.0 Å². The molecule has 1 aromatic heterocycles. The molecule has 2 atom stereocenters. The van der Waals surface area contributed by atoms with E-state index in [4.69, 9.17) is 4.98 Å². The molecule has 0 aliphatic carbocycles. The molecule has 0 bridgehead atoms. The van der Waals surface area contributed by atoms with E-state index in [0.717, 1.165) is 37.7 Å². The number of carbonyl (C=O) groups excluding carboxylic acids is 1. The van der Waals surface area contributed by atoms with Gasteiger partial charge in [-0.2, -0.15) is 0 Å². The zero-order valence-electron chi connectivity index (χ0n) is 22.0. The van der Waals surface area contributed by atoms with Gasteiger partial charge in [0.25, 0.3) is 5.56 Å². The molecule has 35 heavy (non-hydrogen) atoms. The van der Waals surface area contributed by atoms with Crippen LogP contribution >= 0.6 is 0 Å². The fraction of sp³-hybridized carbons (Fsp3) is 0.500. The summed E-state index contributed by atoms with van der Waals surface area (Å²) < 4.78 is 1.77. The Labute approximate surface area is 210 Å². The van der Waals surface area contributed by atoms with Crippen molar-refractivity contribution in [3.8, 4) is 0 Å². The first kappa shape index (κ1) is 26.7. The Bertz CT molecular complexity index is 1150. The van der Waals surface area contributed by atoms with Crippen molar-refractivity contribution in [1.29, 1.82) is 0 Å². The second-order valence-electron chi connectivity index (χ2n) is 10.0. The number of hydrogen-bond donors (Lipinski definition) is 0. The molecule has 5 nitrogen and oxygen atoms in total. The average molecular weight is 476 g/mol. The molecule has 0 fully saturated rings. The van der Waals surface area contributed by atoms with E-state index in [2.05, 4.69) is 27.7 Å². The summed E-state index contributed by atoms with van der Waals surface area (Å²) in [6.07, 6.45) is 4.76. The van der Waals surface area contributed by atoms with Gasteiger partial charge >= 0.3 is 0 Å². The van der Waals surface area contributed by atoms with Crippen molar-refractivity contribution in [3.63, 3.8) is 0 Å². The van der Waals surface area contributed by atoms with E-state index >= 15 is 0 Å². The molecule has 1 amide bonds. The molecule has 2 aromatic carbocycles. The van der Waals surface area contributed by atoms with Crippen molar-refractivity contribution in [2.45, 2.75) is 79.3 Å². The summed E-state index contributed by atoms with van der Waals surface area (Å²) >= 11 is 0. The smallest absolute Gasteiger partial charge is 0.261 e. The summed E-state index contributed by atoms with van der Waals surface area (Å²) in [6, 6.07) is 17.2. The standard InChI is InChI=1S/C30H41N3O2/c1-6-8-16-25(7-2)29(34)32(20-19-22(3)4)23(5)28-31-27-18-13-12-17-26(27)30(35)33(28)21-24-14-10-9-11-15-24/h9-15,17-18,22-23,25H,6-8,16,19-21H2,1-5H3. The van der Waals surface area contributed by atoms with E-state index in [1.165, 1.54) is 0 Å². The molecule has 0 aliphatic heterocycles. The lowest BCUT2D eigenvalue weighted by Crippen LogP contribution is -2.41. The van der Waals surface area contributed by atoms with E-state index in [-0.39, 0.29) is 23.4 Å². The van der Waals surface area contributed by atoms with E-state index in [1.807, 2.05) is 66.4 Å². The van der Waals surface area contributed by atoms with Crippen LogP contribution in [0, 0.1) is 11.8 Å². The van der Waals surface area contributed by atoms with Gasteiger partial charge in [-0.3, -0.25) is 14.2 Å². The highest BCUT2D eigenvalue weighted by molar-refractivity contribution is 5.80. The van der Waals surface area contributed by atoms with Crippen molar-refractivity contribution in [2.24, 2.45) is 11.8 Å². The van der Waals surface area contributed by atoms with Crippen molar-refractivity contribution in [2.75, 3.05) is 6.54 Å². The Balaban J connectivity index is 2.10. The largest absolute Gasteiger partial charge is 0.333 e. The predicted molar refractivity (Wildman–Crippen MR) is 144 cm³/mol. The quantitative estimate of drug-likeness (QED) is 0.297. The van der Waals surface area contributed by atoms with Crippen LogP contribution < -0.4 is 5.56 Å². The van der Waals surface area contributed by atoms with Gasteiger partial charge in [0, 0.05) is 12.5 Å². The van der Waals surface area contributed by atoms with Crippen molar-refractivity contribution in [3.05, 3.63) is 76.3 Å². The predicted octanol–water partition coefficient (Wildman–Crippen LogP) is 6.60. The summed E-state index contributed by atoms with van der Waals surface area (Å²) in [5.74, 6) is 1.31. The van der Waals surface area contributed by atoms with E-state index in [1.54, 1.807) is 4.57 Å². The second-order valence-corrected chi connectivity index (χ2v) is 10.0. The van der Waals surface area contributed by atoms with Gasteiger partial charge in [0.1, 0.15) is 5.82 Å². The topological polar surface area (TPSA) is 55.2 Å². The van der Waals surface area contributed by atoms with Crippen LogP contribution in [0.1, 0.15) is 84.2 Å². The molecule has 2 unspecified atom stereocenters. The fourth-order valence-corrected chi connectivity index (χ4v) is 4.64. The van der Waals surface area contributed by atoms with Gasteiger partial charge in [0.15, 0.2) is 0 Å². The maximum atomic E-state index is 13.8. The molecule has 0 aliphatic rings. The maximum absolute atomic E-state index is 13.8. The number of unbranched alkanes of at least 4 members (excludes halogenated alkanes) is 1. The third kappa shape index (κ3) is 6.59. The minimum atomic E-state index is -0.307. The second kappa shape index (κ2) is 12.7. The Hall–Kier alpha value is -2.95. The number of fused-ring (bicyclic) bond motifs is 1. The number of amides is 1. The summed E-state index contributed by atoms with van der Waals surface area (Å²) in [6.45, 7) is 11.7. The van der Waals surface area contributed by atoms with Gasteiger partial charge in [-0.25, -0.2) is 4.98 Å². The average Bonchev–Trinajstić information content (AvgIpc) is 2.86. The van der Waals surface area contributed by atoms with Crippen LogP contribution in [0.15, 0.2) is 59.4 Å². The van der Waals surface area contributed by atoms with Crippen LogP contribution in [0.4, 0.5) is 0 Å². The Kier molecular flexibility index (Phi) is 9.64. The monoisotopic (exact) mass is 475 g/mol. The number of hydrogen-bond acceptors (Lipinski definition) is 3. The van der Waals surface area contributed by atoms with Crippen LogP contribution in [0.5, 0.6) is 0 Å². The highest BCUT2D eigenvalue weighted by Crippen LogP contribution is 2.26. The van der Waals surface area contributed by atoms with E-state index in [0.29, 0.717) is 35.7 Å². The lowest BCUT2D eigenvalue weighted by atomic mass is 9.96. The number of rotatable bonds is 12. The number of carbonyl (C=O) groups is 1. The molecule has 3 rings (SSSR count). The lowest BCUT2D eigenvalue weighted by molar-refractivity contribution is -0.138. The number of benzene rings is 2. The molecule has 5 heteroatoms. The Morgan fingerprint density at radius 2 is 1.66 bits per heavy atom. The Morgan fingerprint density at radius 3 is 2.31 bits per heavy atom. The zero-order valence-corrected chi connectivity index (χ0v) is 22.0. The molecule has 0 N–H and O–H groups in total. The third-order valence-corrected chi connectivity index (χ3v) is 6.89. The first-order chi connectivity index (χ1) is 16.9. The minimum absolute atomic E-state index is 0.000635. The van der Waals surface area contributed by atoms with Crippen LogP contribution in [0.25, 0.3) is 10.9 Å². The summed E-state index contributed by atoms with van der Waals surface area (Å²) in [7, 11) is 0. The summed E-state index contributed by atoms with van der Waals surface area (Å²) in [5, 5.41) is 0.605. The molecule has 1 heterocycles. The normalized spacial score (nSPS) is 13.2. The molecule has 0 spiro atoms. The van der Waals surface area contributed by atoms with Crippen LogP contribution in [0.2, 0.25) is 0 Å². The Morgan fingerprint density at radius 1 is 0.971 bits per heavy atom. The van der Waals surface area contributed by atoms with Gasteiger partial charge in [0.2, 0.25) is 5.91 Å². The van der Waals surface area contributed by atoms with Crippen molar-refractivity contribution in [1.82, 2.24) is 14.5 Å². The lowest BCUT2D eigenvalue weighted by Gasteiger charge is -2.34. The number of aromatic nitrogens is 2. The van der Waals surface area contributed by atoms with Gasteiger partial charge in [-0.05, 0) is 49.8 Å². The third-order valence-electron chi connectivity index (χ3n) is 6.89. The molecule has 0 saturated heterocycles. The van der Waals surface area contributed by atoms with Crippen molar-refractivity contribution < 1.29 is 4.79 Å². The molecule has 0 radical (unpaired) electrons. The van der Waals surface area contributed by atoms with Crippen LogP contribution in [-0.2, 0) is 11.3 Å². The first-order valence-corrected chi connectivity index (χ1v) is 13.2. The van der Waals surface area contributed by atoms with E-state index < -0.39 is 0 Å². The van der Waals surface area contributed by atoms with Crippen molar-refractivity contribution >= 4 is 16.8 Å². The minimum Gasteiger partial charge on any atom is -0.333 e. The SMILES string of the molecule is CCCCC(CC)C(=O)N(CCC(C)C)C(C)c1nc2ccccc2c(=O)n1Cc1ccccc1. The molecular formula is C30H41N3O2. The molecule has 3 aromatic rings. The fourth-order valence-electron chi connectivity index (χ4n) is 4.64. The number of nitrogens with zero attached hydrogens (tertiary/aromatic N) is 3. The summed E-state index contributed by atoms with van der Waals surface area (Å²) in [4.78, 5) is 34.5. The number of para-hydroxylation sites is 1.